The minimum atomic E-state index is -0.527. The summed E-state index contributed by atoms with van der Waals surface area (Å²) >= 11 is 0. The van der Waals surface area contributed by atoms with E-state index in [9.17, 15) is 19.8 Å². The summed E-state index contributed by atoms with van der Waals surface area (Å²) in [4.78, 5) is 40.1. The molecule has 2 saturated heterocycles. The lowest BCUT2D eigenvalue weighted by molar-refractivity contribution is -0.140. The van der Waals surface area contributed by atoms with E-state index in [1.54, 1.807) is 0 Å². The molecule has 2 amide bonds. The second-order valence-corrected chi connectivity index (χ2v) is 24.7. The number of nitrogens with zero attached hydrogens (tertiary/aromatic N) is 2. The molecule has 2 aliphatic carbocycles. The van der Waals surface area contributed by atoms with Crippen LogP contribution in [0.3, 0.4) is 0 Å². The summed E-state index contributed by atoms with van der Waals surface area (Å²) in [5, 5.41) is 31.6. The molecule has 4 aromatic rings. The number of carbonyl (C=O) groups is 2. The van der Waals surface area contributed by atoms with E-state index in [2.05, 4.69) is 78.9 Å². The van der Waals surface area contributed by atoms with Gasteiger partial charge in [0, 0.05) is 72.5 Å². The number of aromatic amines is 2. The minimum Gasteiger partial charge on any atom is -0.392 e. The third-order valence-electron chi connectivity index (χ3n) is 19.9. The first-order chi connectivity index (χ1) is 36.4. The lowest BCUT2D eigenvalue weighted by Crippen LogP contribution is -2.54. The maximum Gasteiger partial charge on any atom is 0.226 e. The lowest BCUT2D eigenvalue weighted by Gasteiger charge is -2.51. The molecule has 4 fully saturated rings. The highest BCUT2D eigenvalue weighted by Gasteiger charge is 2.51. The number of rotatable bonds is 27. The van der Waals surface area contributed by atoms with Gasteiger partial charge in [0.15, 0.2) is 0 Å². The van der Waals surface area contributed by atoms with Gasteiger partial charge in [-0.05, 0) is 111 Å². The monoisotopic (exact) mass is 1010 g/mol. The number of hydrogen-bond acceptors (Lipinski definition) is 6. The van der Waals surface area contributed by atoms with Crippen LogP contribution in [0.4, 0.5) is 0 Å². The van der Waals surface area contributed by atoms with E-state index in [1.807, 2.05) is 0 Å². The lowest BCUT2D eigenvalue weighted by atomic mass is 9.64. The van der Waals surface area contributed by atoms with Crippen molar-refractivity contribution in [3.63, 3.8) is 0 Å². The number of hydrogen-bond donors (Lipinski definition) is 6. The summed E-state index contributed by atoms with van der Waals surface area (Å²) in [6.45, 7) is 5.73. The number of unbranched alkanes of at least 4 members (excludes halogenated alkanes) is 21. The molecule has 4 aliphatic heterocycles. The van der Waals surface area contributed by atoms with Crippen molar-refractivity contribution >= 4 is 33.6 Å². The van der Waals surface area contributed by atoms with E-state index in [4.69, 9.17) is 0 Å². The Morgan fingerprint density at radius 3 is 1.18 bits per heavy atom. The molecule has 6 heterocycles. The molecule has 2 saturated carbocycles. The van der Waals surface area contributed by atoms with Crippen molar-refractivity contribution in [2.24, 2.45) is 35.5 Å². The molecule has 0 unspecified atom stereocenters. The fourth-order valence-corrected chi connectivity index (χ4v) is 15.9. The molecule has 6 N–H and O–H groups in total. The number of para-hydroxylation sites is 2. The number of amides is 2. The first-order valence-corrected chi connectivity index (χ1v) is 31.0. The molecule has 6 aliphatic rings. The van der Waals surface area contributed by atoms with Crippen molar-refractivity contribution < 1.29 is 19.8 Å². The Balaban J connectivity index is 0.488. The smallest absolute Gasteiger partial charge is 0.226 e. The summed E-state index contributed by atoms with van der Waals surface area (Å²) in [5.41, 5.74) is 8.08. The maximum atomic E-state index is 13.6. The average Bonchev–Trinajstić information content (AvgIpc) is 4.00. The van der Waals surface area contributed by atoms with Crippen molar-refractivity contribution in [3.05, 3.63) is 71.0 Å². The Bertz CT molecular complexity index is 2230. The molecule has 0 bridgehead atoms. The average molecular weight is 1010 g/mol. The number of benzene rings is 2. The number of aliphatic hydroxyl groups is 2. The Morgan fingerprint density at radius 1 is 0.473 bits per heavy atom. The number of piperidine rings is 2. The molecular formula is C64H96N6O4. The van der Waals surface area contributed by atoms with Crippen LogP contribution in [0.25, 0.3) is 21.8 Å². The maximum absolute atomic E-state index is 13.6. The van der Waals surface area contributed by atoms with Gasteiger partial charge < -0.3 is 30.8 Å². The Morgan fingerprint density at radius 2 is 0.811 bits per heavy atom. The standard InChI is InChI=1S/C64H96N6O4/c71-57-33-31-45-43-69-39-35-49-47-27-21-23-29-53(47)67-61(49)55(69)41-51(45)59(57)63(73)65-37-25-19-17-15-13-11-9-7-5-3-1-2-4-6-8-10-12-14-16-18-20-26-38-66-64(74)60-52-42-56-62-50(48-28-22-24-30-54(48)68-62)36-40-70(56)44-46(52)32-34-58(60)72/h21-24,27-30,45-46,51-52,55-60,67-68,71-72H,1-20,25-26,31-44H2,(H,65,73)(H,66,74)/t45-,46-,51-,52-,55-,56-,57-,58-,59+,60+/m0/s1. The number of H-pyrrole nitrogens is 2. The molecule has 10 rings (SSSR count). The number of aliphatic hydroxyl groups excluding tert-OH is 2. The van der Waals surface area contributed by atoms with Gasteiger partial charge in [-0.2, -0.15) is 0 Å². The topological polar surface area (TPSA) is 137 Å². The summed E-state index contributed by atoms with van der Waals surface area (Å²) < 4.78 is 0. The quantitative estimate of drug-likeness (QED) is 0.0329. The highest BCUT2D eigenvalue weighted by Crippen LogP contribution is 2.51. The molecule has 0 spiro atoms. The molecule has 2 aromatic carbocycles. The van der Waals surface area contributed by atoms with Gasteiger partial charge in [0.2, 0.25) is 11.8 Å². The summed E-state index contributed by atoms with van der Waals surface area (Å²) in [5.74, 6) is 1.08. The van der Waals surface area contributed by atoms with Crippen LogP contribution in [0.15, 0.2) is 48.5 Å². The fraction of sp³-hybridized carbons (Fsp3) is 0.719. The van der Waals surface area contributed by atoms with Crippen LogP contribution in [-0.4, -0.2) is 93.3 Å². The fourth-order valence-electron chi connectivity index (χ4n) is 15.9. The third-order valence-corrected chi connectivity index (χ3v) is 19.9. The van der Waals surface area contributed by atoms with Gasteiger partial charge in [-0.15, -0.1) is 0 Å². The first kappa shape index (κ1) is 53.7. The SMILES string of the molecule is O=C(NCCCCCCCCCCCCCCCCCCCCCCCCNC(=O)[C@@H]1[C@H]2C[C@H]3c4[nH]c5ccccc5c4CCN3C[C@@H]2CC[C@@H]1O)[C@@H]1[C@H]2C[C@H]3c4[nH]c5ccccc5c4CCN3C[C@@H]2CC[C@@H]1O. The molecule has 10 heteroatoms. The normalized spacial score (nSPS) is 27.7. The predicted octanol–water partition coefficient (Wildman–Crippen LogP) is 12.8. The van der Waals surface area contributed by atoms with Crippen LogP contribution in [0.2, 0.25) is 0 Å². The summed E-state index contributed by atoms with van der Waals surface area (Å²) in [6.07, 6.45) is 35.4. The second-order valence-electron chi connectivity index (χ2n) is 24.7. The van der Waals surface area contributed by atoms with E-state index < -0.39 is 12.2 Å². The number of carbonyl (C=O) groups excluding carboxylic acids is 2. The van der Waals surface area contributed by atoms with Gasteiger partial charge in [0.25, 0.3) is 0 Å². The first-order valence-electron chi connectivity index (χ1n) is 31.0. The largest absolute Gasteiger partial charge is 0.392 e. The van der Waals surface area contributed by atoms with Crippen LogP contribution >= 0.6 is 0 Å². The van der Waals surface area contributed by atoms with Crippen LogP contribution in [-0.2, 0) is 22.4 Å². The van der Waals surface area contributed by atoms with E-state index in [0.29, 0.717) is 23.9 Å². The van der Waals surface area contributed by atoms with E-state index in [1.165, 1.54) is 173 Å². The van der Waals surface area contributed by atoms with Crippen molar-refractivity contribution in [1.29, 1.82) is 0 Å². The van der Waals surface area contributed by atoms with Crippen molar-refractivity contribution in [2.75, 3.05) is 39.3 Å². The van der Waals surface area contributed by atoms with E-state index in [-0.39, 0.29) is 35.5 Å². The van der Waals surface area contributed by atoms with Crippen LogP contribution in [0, 0.1) is 35.5 Å². The van der Waals surface area contributed by atoms with Gasteiger partial charge in [-0.3, -0.25) is 19.4 Å². The van der Waals surface area contributed by atoms with Gasteiger partial charge in [0.1, 0.15) is 0 Å². The Kier molecular flexibility index (Phi) is 19.3. The zero-order valence-electron chi connectivity index (χ0n) is 45.5. The van der Waals surface area contributed by atoms with Gasteiger partial charge in [-0.25, -0.2) is 0 Å². The Labute approximate surface area is 444 Å². The number of aromatic nitrogens is 2. The summed E-state index contributed by atoms with van der Waals surface area (Å²) in [6, 6.07) is 18.0. The van der Waals surface area contributed by atoms with E-state index >= 15 is 0 Å². The predicted molar refractivity (Wildman–Crippen MR) is 301 cm³/mol. The van der Waals surface area contributed by atoms with Crippen LogP contribution < -0.4 is 10.6 Å². The van der Waals surface area contributed by atoms with Crippen molar-refractivity contribution in [1.82, 2.24) is 30.4 Å². The van der Waals surface area contributed by atoms with Crippen LogP contribution in [0.5, 0.6) is 0 Å². The third kappa shape index (κ3) is 12.8. The molecule has 406 valence electrons. The summed E-state index contributed by atoms with van der Waals surface area (Å²) in [7, 11) is 0. The molecule has 10 nitrogen and oxygen atoms in total. The molecule has 0 radical (unpaired) electrons. The van der Waals surface area contributed by atoms with Gasteiger partial charge >= 0.3 is 0 Å². The number of fused-ring (bicyclic) bond motifs is 12. The van der Waals surface area contributed by atoms with Crippen molar-refractivity contribution in [3.8, 4) is 0 Å². The Hall–Kier alpha value is -3.70. The number of nitrogens with one attached hydrogen (secondary N) is 4. The highest BCUT2D eigenvalue weighted by atomic mass is 16.3. The molecule has 74 heavy (non-hydrogen) atoms. The van der Waals surface area contributed by atoms with Crippen molar-refractivity contribution in [2.45, 2.75) is 217 Å². The zero-order chi connectivity index (χ0) is 50.6. The molecule has 10 atom stereocenters. The minimum absolute atomic E-state index is 0.0930. The molecule has 2 aromatic heterocycles. The zero-order valence-corrected chi connectivity index (χ0v) is 45.5. The molecular weight excluding hydrogens is 917 g/mol. The van der Waals surface area contributed by atoms with Gasteiger partial charge in [0.05, 0.1) is 36.1 Å². The van der Waals surface area contributed by atoms with E-state index in [0.717, 1.165) is 103 Å². The highest BCUT2D eigenvalue weighted by molar-refractivity contribution is 5.86. The van der Waals surface area contributed by atoms with Gasteiger partial charge in [-0.1, -0.05) is 165 Å². The van der Waals surface area contributed by atoms with Crippen LogP contribution in [0.1, 0.15) is 214 Å². The second kappa shape index (κ2) is 26.6.